The lowest BCUT2D eigenvalue weighted by molar-refractivity contribution is -0.121. The van der Waals surface area contributed by atoms with Gasteiger partial charge in [0.15, 0.2) is 0 Å². The largest absolute Gasteiger partial charge is 0.325 e. The highest BCUT2D eigenvalue weighted by Crippen LogP contribution is 2.14. The highest BCUT2D eigenvalue weighted by Gasteiger charge is 2.18. The summed E-state index contributed by atoms with van der Waals surface area (Å²) in [5.74, 6) is -0.315. The molecule has 156 valence electrons. The lowest BCUT2D eigenvalue weighted by atomic mass is 10.1. The van der Waals surface area contributed by atoms with E-state index in [1.807, 2.05) is 36.4 Å². The molecule has 0 unspecified atom stereocenters. The minimum absolute atomic E-state index is 0.193. The molecule has 2 N–H and O–H groups in total. The maximum Gasteiger partial charge on any atom is 0.325 e. The van der Waals surface area contributed by atoms with E-state index in [0.717, 1.165) is 43.6 Å². The lowest BCUT2D eigenvalue weighted by Gasteiger charge is -2.21. The smallest absolute Gasteiger partial charge is 0.308 e. The quantitative estimate of drug-likeness (QED) is 0.701. The summed E-state index contributed by atoms with van der Waals surface area (Å²) in [5, 5.41) is 13.9. The highest BCUT2D eigenvalue weighted by molar-refractivity contribution is 9.10. The molecule has 1 fully saturated rings. The van der Waals surface area contributed by atoms with Gasteiger partial charge in [-0.25, -0.2) is 4.79 Å². The maximum absolute atomic E-state index is 12.3. The molecule has 0 atom stereocenters. The van der Waals surface area contributed by atoms with Crippen LogP contribution in [0.2, 0.25) is 0 Å². The molecule has 0 aliphatic carbocycles. The summed E-state index contributed by atoms with van der Waals surface area (Å²) in [7, 11) is 0. The zero-order valence-electron chi connectivity index (χ0n) is 16.6. The third kappa shape index (κ3) is 6.95. The summed E-state index contributed by atoms with van der Waals surface area (Å²) in [5.41, 5.74) is 2.46. The van der Waals surface area contributed by atoms with Gasteiger partial charge in [0.25, 0.3) is 0 Å². The number of urea groups is 1. The van der Waals surface area contributed by atoms with E-state index in [9.17, 15) is 9.59 Å². The topological polar surface area (TPSA) is 88.5 Å². The van der Waals surface area contributed by atoms with Crippen LogP contribution >= 0.6 is 15.9 Å². The Hall–Kier alpha value is -2.73. The van der Waals surface area contributed by atoms with Crippen molar-refractivity contribution in [3.8, 4) is 6.07 Å². The third-order valence-corrected chi connectivity index (χ3v) is 5.42. The van der Waals surface area contributed by atoms with E-state index in [2.05, 4.69) is 42.4 Å². The Morgan fingerprint density at radius 1 is 0.967 bits per heavy atom. The number of hydrogen-bond acceptors (Lipinski definition) is 5. The molecule has 1 aliphatic rings. The van der Waals surface area contributed by atoms with Crippen molar-refractivity contribution in [2.45, 2.75) is 13.0 Å². The van der Waals surface area contributed by atoms with Crippen molar-refractivity contribution >= 4 is 33.6 Å². The van der Waals surface area contributed by atoms with Crippen molar-refractivity contribution in [1.82, 2.24) is 15.1 Å². The number of carbonyl (C=O) groups is 2. The molecule has 3 amide bonds. The average Bonchev–Trinajstić information content (AvgIpc) is 2.95. The molecule has 0 aromatic heterocycles. The van der Waals surface area contributed by atoms with E-state index in [4.69, 9.17) is 5.26 Å². The van der Waals surface area contributed by atoms with Crippen molar-refractivity contribution in [2.75, 3.05) is 38.0 Å². The van der Waals surface area contributed by atoms with Crippen LogP contribution < -0.4 is 10.6 Å². The molecular weight excluding hydrogens is 446 g/mol. The maximum atomic E-state index is 12.3. The Labute approximate surface area is 184 Å². The predicted octanol–water partition coefficient (Wildman–Crippen LogP) is 3.18. The van der Waals surface area contributed by atoms with E-state index in [1.165, 1.54) is 5.56 Å². The number of halogens is 1. The first kappa shape index (κ1) is 22.0. The van der Waals surface area contributed by atoms with Gasteiger partial charge in [-0.05, 0) is 61.5 Å². The average molecular weight is 470 g/mol. The minimum atomic E-state index is -0.528. The van der Waals surface area contributed by atoms with Crippen LogP contribution in [-0.2, 0) is 11.3 Å². The Kier molecular flexibility index (Phi) is 7.97. The second-order valence-corrected chi connectivity index (χ2v) is 8.14. The molecule has 30 heavy (non-hydrogen) atoms. The monoisotopic (exact) mass is 469 g/mol. The number of nitrogens with zero attached hydrogens (tertiary/aromatic N) is 3. The minimum Gasteiger partial charge on any atom is -0.308 e. The van der Waals surface area contributed by atoms with E-state index in [-0.39, 0.29) is 12.5 Å². The van der Waals surface area contributed by atoms with Crippen molar-refractivity contribution in [2.24, 2.45) is 0 Å². The normalized spacial score (nSPS) is 15.1. The summed E-state index contributed by atoms with van der Waals surface area (Å²) in [6.07, 6.45) is 0.953. The Balaban J connectivity index is 1.42. The molecule has 3 rings (SSSR count). The van der Waals surface area contributed by atoms with Crippen LogP contribution in [0.1, 0.15) is 17.5 Å². The van der Waals surface area contributed by atoms with Gasteiger partial charge in [-0.3, -0.25) is 19.9 Å². The number of hydrogen-bond donors (Lipinski definition) is 2. The molecule has 0 spiro atoms. The number of carbonyl (C=O) groups excluding carboxylic acids is 2. The van der Waals surface area contributed by atoms with Gasteiger partial charge in [0.1, 0.15) is 0 Å². The summed E-state index contributed by atoms with van der Waals surface area (Å²) >= 11 is 3.34. The van der Waals surface area contributed by atoms with Crippen LogP contribution in [0.25, 0.3) is 0 Å². The van der Waals surface area contributed by atoms with E-state index in [0.29, 0.717) is 11.3 Å². The number of anilines is 1. The van der Waals surface area contributed by atoms with Gasteiger partial charge in [0.05, 0.1) is 18.2 Å². The molecule has 1 aliphatic heterocycles. The fourth-order valence-corrected chi connectivity index (χ4v) is 3.61. The number of imide groups is 1. The summed E-state index contributed by atoms with van der Waals surface area (Å²) in [4.78, 5) is 28.7. The van der Waals surface area contributed by atoms with Gasteiger partial charge in [0.2, 0.25) is 5.91 Å². The fourth-order valence-electron chi connectivity index (χ4n) is 3.35. The number of amides is 3. The van der Waals surface area contributed by atoms with Crippen LogP contribution in [0.4, 0.5) is 10.5 Å². The van der Waals surface area contributed by atoms with Gasteiger partial charge in [-0.2, -0.15) is 5.26 Å². The van der Waals surface area contributed by atoms with E-state index >= 15 is 0 Å². The Morgan fingerprint density at radius 2 is 1.63 bits per heavy atom. The van der Waals surface area contributed by atoms with Crippen LogP contribution in [-0.4, -0.2) is 54.5 Å². The van der Waals surface area contributed by atoms with Crippen molar-refractivity contribution in [3.05, 3.63) is 64.1 Å². The Bertz CT molecular complexity index is 909. The van der Waals surface area contributed by atoms with Crippen molar-refractivity contribution < 1.29 is 9.59 Å². The van der Waals surface area contributed by atoms with Gasteiger partial charge in [-0.1, -0.05) is 28.1 Å². The number of nitriles is 1. The van der Waals surface area contributed by atoms with E-state index in [1.54, 1.807) is 12.1 Å². The molecule has 1 heterocycles. The van der Waals surface area contributed by atoms with E-state index < -0.39 is 6.03 Å². The second kappa shape index (κ2) is 10.9. The van der Waals surface area contributed by atoms with Gasteiger partial charge >= 0.3 is 6.03 Å². The van der Waals surface area contributed by atoms with Gasteiger partial charge in [-0.15, -0.1) is 0 Å². The molecule has 0 radical (unpaired) electrons. The molecule has 7 nitrogen and oxygen atoms in total. The standard InChI is InChI=1S/C22H24BrN5O2/c23-19-6-8-20(9-7-19)25-22(30)26-21(29)16-28-11-1-10-27(12-13-28)15-18-4-2-17(14-24)3-5-18/h2-9H,1,10-13,15-16H2,(H2,25,26,29,30). The van der Waals surface area contributed by atoms with Crippen molar-refractivity contribution in [1.29, 1.82) is 5.26 Å². The zero-order valence-corrected chi connectivity index (χ0v) is 18.2. The highest BCUT2D eigenvalue weighted by atomic mass is 79.9. The zero-order chi connectivity index (χ0) is 21.3. The predicted molar refractivity (Wildman–Crippen MR) is 119 cm³/mol. The molecule has 0 saturated carbocycles. The second-order valence-electron chi connectivity index (χ2n) is 7.22. The lowest BCUT2D eigenvalue weighted by Crippen LogP contribution is -2.42. The van der Waals surface area contributed by atoms with Crippen LogP contribution in [0.15, 0.2) is 53.0 Å². The number of nitrogens with one attached hydrogen (secondary N) is 2. The fraction of sp³-hybridized carbons (Fsp3) is 0.318. The first-order chi connectivity index (χ1) is 14.5. The SMILES string of the molecule is N#Cc1ccc(CN2CCCN(CC(=O)NC(=O)Nc3ccc(Br)cc3)CC2)cc1. The Morgan fingerprint density at radius 3 is 2.33 bits per heavy atom. The number of rotatable bonds is 5. The van der Waals surface area contributed by atoms with Crippen LogP contribution in [0.3, 0.4) is 0 Å². The number of benzene rings is 2. The molecule has 8 heteroatoms. The van der Waals surface area contributed by atoms with Crippen LogP contribution in [0.5, 0.6) is 0 Å². The van der Waals surface area contributed by atoms with Gasteiger partial charge in [0, 0.05) is 29.8 Å². The molecular formula is C22H24BrN5O2. The van der Waals surface area contributed by atoms with Gasteiger partial charge < -0.3 is 5.32 Å². The molecule has 1 saturated heterocycles. The summed E-state index contributed by atoms with van der Waals surface area (Å²) in [6.45, 7) is 4.38. The van der Waals surface area contributed by atoms with Crippen molar-refractivity contribution in [3.63, 3.8) is 0 Å². The first-order valence-corrected chi connectivity index (χ1v) is 10.6. The molecule has 0 bridgehead atoms. The van der Waals surface area contributed by atoms with Crippen LogP contribution in [0, 0.1) is 11.3 Å². The molecule has 2 aromatic carbocycles. The summed E-state index contributed by atoms with van der Waals surface area (Å²) in [6, 6.07) is 16.4. The first-order valence-electron chi connectivity index (χ1n) is 9.82. The third-order valence-electron chi connectivity index (χ3n) is 4.89. The molecule has 2 aromatic rings. The summed E-state index contributed by atoms with van der Waals surface area (Å²) < 4.78 is 0.916.